The molecule has 1 aliphatic heterocycles. The van der Waals surface area contributed by atoms with Gasteiger partial charge in [0.1, 0.15) is 5.75 Å². The van der Waals surface area contributed by atoms with E-state index in [9.17, 15) is 4.79 Å². The molecule has 0 bridgehead atoms. The first-order valence-electron chi connectivity index (χ1n) is 7.24. The average molecular weight is 395 g/mol. The van der Waals surface area contributed by atoms with Crippen LogP contribution in [-0.4, -0.2) is 26.5 Å². The van der Waals surface area contributed by atoms with E-state index in [-0.39, 0.29) is 6.79 Å². The van der Waals surface area contributed by atoms with Crippen LogP contribution in [0.1, 0.15) is 17.3 Å². The normalized spacial score (nSPS) is 12.0. The molecule has 0 saturated carbocycles. The van der Waals surface area contributed by atoms with Gasteiger partial charge in [0, 0.05) is 6.07 Å². The Morgan fingerprint density at radius 3 is 2.75 bits per heavy atom. The van der Waals surface area contributed by atoms with Crippen molar-refractivity contribution in [1.82, 2.24) is 0 Å². The number of halogens is 1. The summed E-state index contributed by atoms with van der Waals surface area (Å²) in [6.45, 7) is 2.51. The quantitative estimate of drug-likeness (QED) is 0.567. The zero-order valence-electron chi connectivity index (χ0n) is 13.1. The molecule has 1 aliphatic rings. The summed E-state index contributed by atoms with van der Waals surface area (Å²) < 4.78 is 27.3. The summed E-state index contributed by atoms with van der Waals surface area (Å²) >= 11 is 3.38. The van der Waals surface area contributed by atoms with Gasteiger partial charge in [-0.05, 0) is 47.1 Å². The van der Waals surface area contributed by atoms with Crippen molar-refractivity contribution >= 4 is 21.9 Å². The number of benzene rings is 2. The van der Waals surface area contributed by atoms with E-state index in [0.29, 0.717) is 45.4 Å². The molecule has 0 N–H and O–H groups in total. The molecule has 0 radical (unpaired) electrons. The largest absolute Gasteiger partial charge is 0.493 e. The predicted molar refractivity (Wildman–Crippen MR) is 89.4 cm³/mol. The topological polar surface area (TPSA) is 63.2 Å². The van der Waals surface area contributed by atoms with Gasteiger partial charge in [0.2, 0.25) is 6.79 Å². The van der Waals surface area contributed by atoms with Crippen molar-refractivity contribution in [3.8, 4) is 28.7 Å². The Bertz CT molecular complexity index is 774. The fourth-order valence-electron chi connectivity index (χ4n) is 2.23. The molecule has 0 atom stereocenters. The van der Waals surface area contributed by atoms with Crippen LogP contribution < -0.4 is 23.7 Å². The van der Waals surface area contributed by atoms with Gasteiger partial charge in [-0.25, -0.2) is 4.79 Å². The van der Waals surface area contributed by atoms with Crippen molar-refractivity contribution in [3.05, 3.63) is 40.4 Å². The van der Waals surface area contributed by atoms with E-state index in [4.69, 9.17) is 23.7 Å². The highest BCUT2D eigenvalue weighted by molar-refractivity contribution is 9.10. The van der Waals surface area contributed by atoms with Crippen molar-refractivity contribution in [2.45, 2.75) is 6.92 Å². The van der Waals surface area contributed by atoms with Gasteiger partial charge in [0.05, 0.1) is 23.8 Å². The Labute approximate surface area is 147 Å². The molecular weight excluding hydrogens is 380 g/mol. The average Bonchev–Trinajstić information content (AvgIpc) is 3.04. The Balaban J connectivity index is 1.83. The maximum Gasteiger partial charge on any atom is 0.343 e. The minimum Gasteiger partial charge on any atom is -0.493 e. The molecule has 126 valence electrons. The van der Waals surface area contributed by atoms with Crippen LogP contribution in [0.5, 0.6) is 28.7 Å². The number of ether oxygens (including phenoxy) is 5. The molecule has 2 aromatic carbocycles. The highest BCUT2D eigenvalue weighted by atomic mass is 79.9. The molecule has 3 rings (SSSR count). The molecule has 0 aromatic heterocycles. The van der Waals surface area contributed by atoms with Crippen LogP contribution in [0.15, 0.2) is 34.8 Å². The summed E-state index contributed by atoms with van der Waals surface area (Å²) in [6, 6.07) is 8.15. The maximum atomic E-state index is 12.4. The van der Waals surface area contributed by atoms with Crippen LogP contribution in [0.4, 0.5) is 0 Å². The fraction of sp³-hybridized carbons (Fsp3) is 0.235. The summed E-state index contributed by atoms with van der Waals surface area (Å²) in [4.78, 5) is 12.4. The van der Waals surface area contributed by atoms with Crippen LogP contribution in [-0.2, 0) is 0 Å². The minimum absolute atomic E-state index is 0.162. The van der Waals surface area contributed by atoms with Crippen LogP contribution in [0, 0.1) is 0 Å². The monoisotopic (exact) mass is 394 g/mol. The number of esters is 1. The molecule has 7 heteroatoms. The highest BCUT2D eigenvalue weighted by Crippen LogP contribution is 2.38. The van der Waals surface area contributed by atoms with E-state index < -0.39 is 5.97 Å². The van der Waals surface area contributed by atoms with Crippen molar-refractivity contribution in [1.29, 1.82) is 0 Å². The van der Waals surface area contributed by atoms with Gasteiger partial charge in [0.15, 0.2) is 23.0 Å². The molecule has 0 fully saturated rings. The molecule has 2 aromatic rings. The molecule has 0 spiro atoms. The van der Waals surface area contributed by atoms with Gasteiger partial charge >= 0.3 is 5.97 Å². The summed E-state index contributed by atoms with van der Waals surface area (Å²) in [5.74, 6) is 2.01. The number of rotatable bonds is 5. The Morgan fingerprint density at radius 1 is 1.21 bits per heavy atom. The summed E-state index contributed by atoms with van der Waals surface area (Å²) in [5, 5.41) is 0. The lowest BCUT2D eigenvalue weighted by Crippen LogP contribution is -2.09. The third-order valence-electron chi connectivity index (χ3n) is 3.31. The van der Waals surface area contributed by atoms with Gasteiger partial charge in [-0.1, -0.05) is 0 Å². The molecule has 1 heterocycles. The number of fused-ring (bicyclic) bond motifs is 1. The Kier molecular flexibility index (Phi) is 4.80. The van der Waals surface area contributed by atoms with E-state index in [1.165, 1.54) is 7.11 Å². The maximum absolute atomic E-state index is 12.4. The summed E-state index contributed by atoms with van der Waals surface area (Å²) in [5.41, 5.74) is 0.333. The number of hydrogen-bond donors (Lipinski definition) is 0. The third kappa shape index (κ3) is 3.26. The van der Waals surface area contributed by atoms with E-state index >= 15 is 0 Å². The molecule has 0 aliphatic carbocycles. The van der Waals surface area contributed by atoms with Gasteiger partial charge in [-0.3, -0.25) is 0 Å². The number of hydrogen-bond acceptors (Lipinski definition) is 6. The lowest BCUT2D eigenvalue weighted by atomic mass is 10.2. The summed E-state index contributed by atoms with van der Waals surface area (Å²) in [6.07, 6.45) is 0. The van der Waals surface area contributed by atoms with Crippen molar-refractivity contribution in [2.75, 3.05) is 20.5 Å². The molecule has 6 nitrogen and oxygen atoms in total. The van der Waals surface area contributed by atoms with Crippen LogP contribution in [0.25, 0.3) is 0 Å². The fourth-order valence-corrected chi connectivity index (χ4v) is 2.78. The molecule has 0 amide bonds. The molecule has 24 heavy (non-hydrogen) atoms. The summed E-state index contributed by atoms with van der Waals surface area (Å²) in [7, 11) is 1.51. The van der Waals surface area contributed by atoms with Gasteiger partial charge in [0.25, 0.3) is 0 Å². The first-order valence-corrected chi connectivity index (χ1v) is 8.03. The van der Waals surface area contributed by atoms with Gasteiger partial charge < -0.3 is 23.7 Å². The van der Waals surface area contributed by atoms with E-state index in [1.807, 2.05) is 6.92 Å². The van der Waals surface area contributed by atoms with Gasteiger partial charge in [-0.15, -0.1) is 0 Å². The first-order chi connectivity index (χ1) is 11.6. The van der Waals surface area contributed by atoms with Gasteiger partial charge in [-0.2, -0.15) is 0 Å². The van der Waals surface area contributed by atoms with Crippen LogP contribution in [0.2, 0.25) is 0 Å². The SMILES string of the molecule is CCOc1c(Br)cc(C(=O)Oc2ccc3c(c2)OCO3)cc1OC. The molecular formula is C17H15BrO6. The van der Waals surface area contributed by atoms with Crippen molar-refractivity contribution in [2.24, 2.45) is 0 Å². The Morgan fingerprint density at radius 2 is 2.00 bits per heavy atom. The lowest BCUT2D eigenvalue weighted by Gasteiger charge is -2.13. The predicted octanol–water partition coefficient (Wildman–Crippen LogP) is 3.80. The minimum atomic E-state index is -0.518. The van der Waals surface area contributed by atoms with Crippen LogP contribution in [0.3, 0.4) is 0 Å². The second-order valence-electron chi connectivity index (χ2n) is 4.83. The second-order valence-corrected chi connectivity index (χ2v) is 5.68. The third-order valence-corrected chi connectivity index (χ3v) is 3.90. The number of carbonyl (C=O) groups is 1. The smallest absolute Gasteiger partial charge is 0.343 e. The lowest BCUT2D eigenvalue weighted by molar-refractivity contribution is 0.0734. The standard InChI is InChI=1S/C17H15BrO6/c1-3-21-16-12(18)6-10(7-15(16)20-2)17(19)24-11-4-5-13-14(8-11)23-9-22-13/h4-8H,3,9H2,1-2H3. The zero-order valence-corrected chi connectivity index (χ0v) is 14.7. The first kappa shape index (κ1) is 16.4. The molecule has 0 saturated heterocycles. The number of carbonyl (C=O) groups excluding carboxylic acids is 1. The van der Waals surface area contributed by atoms with Crippen molar-refractivity contribution in [3.63, 3.8) is 0 Å². The van der Waals surface area contributed by atoms with E-state index in [1.54, 1.807) is 30.3 Å². The Hall–Kier alpha value is -2.41. The zero-order chi connectivity index (χ0) is 17.1. The second kappa shape index (κ2) is 7.00. The highest BCUT2D eigenvalue weighted by Gasteiger charge is 2.19. The van der Waals surface area contributed by atoms with E-state index in [2.05, 4.69) is 15.9 Å². The van der Waals surface area contributed by atoms with Crippen molar-refractivity contribution < 1.29 is 28.5 Å². The van der Waals surface area contributed by atoms with E-state index in [0.717, 1.165) is 0 Å². The molecule has 0 unspecified atom stereocenters. The number of methoxy groups -OCH3 is 1. The van der Waals surface area contributed by atoms with Crippen LogP contribution >= 0.6 is 15.9 Å².